The van der Waals surface area contributed by atoms with E-state index in [1.165, 1.54) is 0 Å². The summed E-state index contributed by atoms with van der Waals surface area (Å²) in [4.78, 5) is 10.6. The van der Waals surface area contributed by atoms with Crippen LogP contribution in [0.2, 0.25) is 0 Å². The molecule has 1 saturated heterocycles. The molecular weight excluding hydrogens is 158 g/mol. The maximum Gasteiger partial charge on any atom is 0.246 e. The first-order valence-electron chi connectivity index (χ1n) is 4.22. The third-order valence-corrected chi connectivity index (χ3v) is 1.97. The van der Waals surface area contributed by atoms with Crippen LogP contribution in [0.15, 0.2) is 0 Å². The minimum absolute atomic E-state index is 0.140. The lowest BCUT2D eigenvalue weighted by atomic mass is 10.1. The average molecular weight is 173 g/mol. The van der Waals surface area contributed by atoms with Gasteiger partial charge >= 0.3 is 0 Å². The Morgan fingerprint density at radius 1 is 1.58 bits per heavy atom. The Labute approximate surface area is 72.0 Å². The van der Waals surface area contributed by atoms with Crippen molar-refractivity contribution in [2.75, 3.05) is 13.2 Å². The van der Waals surface area contributed by atoms with E-state index < -0.39 is 12.0 Å². The van der Waals surface area contributed by atoms with Gasteiger partial charge in [0, 0.05) is 13.2 Å². The first kappa shape index (κ1) is 9.48. The molecule has 1 fully saturated rings. The van der Waals surface area contributed by atoms with Crippen LogP contribution in [0.4, 0.5) is 0 Å². The van der Waals surface area contributed by atoms with Gasteiger partial charge in [-0.25, -0.2) is 0 Å². The average Bonchev–Trinajstić information content (AvgIpc) is 2.06. The lowest BCUT2D eigenvalue weighted by molar-refractivity contribution is -0.135. The summed E-state index contributed by atoms with van der Waals surface area (Å²) >= 11 is 0. The van der Waals surface area contributed by atoms with Crippen molar-refractivity contribution in [2.24, 2.45) is 5.73 Å². The van der Waals surface area contributed by atoms with Crippen LogP contribution < -0.4 is 5.73 Å². The number of hydrogen-bond donors (Lipinski definition) is 1. The van der Waals surface area contributed by atoms with Crippen LogP contribution in [0.5, 0.6) is 0 Å². The molecule has 0 spiro atoms. The van der Waals surface area contributed by atoms with Gasteiger partial charge in [0.2, 0.25) is 5.91 Å². The Morgan fingerprint density at radius 3 is 2.67 bits per heavy atom. The van der Waals surface area contributed by atoms with Gasteiger partial charge in [-0.3, -0.25) is 4.79 Å². The molecule has 1 amide bonds. The van der Waals surface area contributed by atoms with E-state index >= 15 is 0 Å². The minimum atomic E-state index is -0.479. The second-order valence-corrected chi connectivity index (χ2v) is 2.99. The fourth-order valence-corrected chi connectivity index (χ4v) is 1.17. The second kappa shape index (κ2) is 4.42. The molecule has 0 saturated carbocycles. The molecule has 0 bridgehead atoms. The van der Waals surface area contributed by atoms with Gasteiger partial charge in [0.1, 0.15) is 6.10 Å². The maximum absolute atomic E-state index is 10.6. The van der Waals surface area contributed by atoms with Crippen molar-refractivity contribution in [2.45, 2.75) is 32.0 Å². The molecule has 0 radical (unpaired) electrons. The highest BCUT2D eigenvalue weighted by Crippen LogP contribution is 2.12. The highest BCUT2D eigenvalue weighted by atomic mass is 16.5. The van der Waals surface area contributed by atoms with Crippen LogP contribution in [-0.2, 0) is 14.3 Å². The highest BCUT2D eigenvalue weighted by Gasteiger charge is 2.19. The third kappa shape index (κ3) is 2.79. The molecule has 0 aromatic rings. The summed E-state index contributed by atoms with van der Waals surface area (Å²) in [5.74, 6) is -0.401. The molecule has 2 N–H and O–H groups in total. The second-order valence-electron chi connectivity index (χ2n) is 2.99. The number of carbonyl (C=O) groups is 1. The van der Waals surface area contributed by atoms with Crippen molar-refractivity contribution < 1.29 is 14.3 Å². The summed E-state index contributed by atoms with van der Waals surface area (Å²) in [6.07, 6.45) is 1.38. The Bertz CT molecular complexity index is 154. The largest absolute Gasteiger partial charge is 0.381 e. The van der Waals surface area contributed by atoms with Gasteiger partial charge in [0.15, 0.2) is 0 Å². The molecule has 1 heterocycles. The van der Waals surface area contributed by atoms with Crippen molar-refractivity contribution in [3.8, 4) is 0 Å². The number of carbonyl (C=O) groups excluding carboxylic acids is 1. The fourth-order valence-electron chi connectivity index (χ4n) is 1.17. The molecule has 12 heavy (non-hydrogen) atoms. The van der Waals surface area contributed by atoms with Crippen LogP contribution in [0.1, 0.15) is 19.8 Å². The highest BCUT2D eigenvalue weighted by molar-refractivity contribution is 5.78. The molecule has 1 rings (SSSR count). The van der Waals surface area contributed by atoms with Gasteiger partial charge in [-0.2, -0.15) is 0 Å². The van der Waals surface area contributed by atoms with Gasteiger partial charge in [0.05, 0.1) is 6.10 Å². The Morgan fingerprint density at radius 2 is 2.17 bits per heavy atom. The van der Waals surface area contributed by atoms with Gasteiger partial charge in [-0.1, -0.05) is 0 Å². The molecule has 1 unspecified atom stereocenters. The van der Waals surface area contributed by atoms with Gasteiger partial charge < -0.3 is 15.2 Å². The molecule has 0 aromatic carbocycles. The number of amides is 1. The summed E-state index contributed by atoms with van der Waals surface area (Å²) < 4.78 is 10.5. The van der Waals surface area contributed by atoms with E-state index in [1.807, 2.05) is 0 Å². The maximum atomic E-state index is 10.6. The normalized spacial score (nSPS) is 22.1. The Hall–Kier alpha value is -0.610. The molecule has 0 aromatic heterocycles. The number of hydrogen-bond acceptors (Lipinski definition) is 3. The van der Waals surface area contributed by atoms with Gasteiger partial charge in [0.25, 0.3) is 0 Å². The molecule has 4 nitrogen and oxygen atoms in total. The summed E-state index contributed by atoms with van der Waals surface area (Å²) in [6.45, 7) is 3.12. The Kier molecular flexibility index (Phi) is 3.49. The summed E-state index contributed by atoms with van der Waals surface area (Å²) in [7, 11) is 0. The third-order valence-electron chi connectivity index (χ3n) is 1.97. The van der Waals surface area contributed by atoms with Crippen molar-refractivity contribution in [1.82, 2.24) is 0 Å². The van der Waals surface area contributed by atoms with Crippen LogP contribution in [0, 0.1) is 0 Å². The van der Waals surface area contributed by atoms with Gasteiger partial charge in [-0.15, -0.1) is 0 Å². The van der Waals surface area contributed by atoms with E-state index in [1.54, 1.807) is 6.92 Å². The molecule has 1 aliphatic heterocycles. The van der Waals surface area contributed by atoms with Crippen LogP contribution in [-0.4, -0.2) is 31.3 Å². The summed E-state index contributed by atoms with van der Waals surface area (Å²) in [5, 5.41) is 0. The van der Waals surface area contributed by atoms with Crippen LogP contribution in [0.25, 0.3) is 0 Å². The molecule has 70 valence electrons. The molecule has 0 aliphatic carbocycles. The molecular formula is C8H15NO3. The van der Waals surface area contributed by atoms with Crippen LogP contribution in [0.3, 0.4) is 0 Å². The first-order valence-corrected chi connectivity index (χ1v) is 4.22. The van der Waals surface area contributed by atoms with Crippen molar-refractivity contribution in [3.05, 3.63) is 0 Å². The van der Waals surface area contributed by atoms with Crippen molar-refractivity contribution in [1.29, 1.82) is 0 Å². The minimum Gasteiger partial charge on any atom is -0.381 e. The van der Waals surface area contributed by atoms with Crippen molar-refractivity contribution >= 4 is 5.91 Å². The zero-order chi connectivity index (χ0) is 8.97. The number of primary amides is 1. The fraction of sp³-hybridized carbons (Fsp3) is 0.875. The zero-order valence-corrected chi connectivity index (χ0v) is 7.29. The van der Waals surface area contributed by atoms with E-state index in [9.17, 15) is 4.79 Å². The lowest BCUT2D eigenvalue weighted by Crippen LogP contribution is -2.34. The molecule has 1 aliphatic rings. The quantitative estimate of drug-likeness (QED) is 0.656. The topological polar surface area (TPSA) is 61.6 Å². The number of ether oxygens (including phenoxy) is 2. The van der Waals surface area contributed by atoms with Crippen molar-refractivity contribution in [3.63, 3.8) is 0 Å². The number of nitrogens with two attached hydrogens (primary N) is 1. The first-order chi connectivity index (χ1) is 5.70. The molecule has 1 atom stereocenters. The SMILES string of the molecule is CC(OC1CCOCC1)C(N)=O. The molecule has 4 heteroatoms. The van der Waals surface area contributed by atoms with E-state index in [-0.39, 0.29) is 6.10 Å². The van der Waals surface area contributed by atoms with Crippen LogP contribution >= 0.6 is 0 Å². The standard InChI is InChI=1S/C8H15NO3/c1-6(8(9)10)12-7-2-4-11-5-3-7/h6-7H,2-5H2,1H3,(H2,9,10). The van der Waals surface area contributed by atoms with E-state index in [2.05, 4.69) is 0 Å². The Balaban J connectivity index is 2.24. The van der Waals surface area contributed by atoms with Gasteiger partial charge in [-0.05, 0) is 19.8 Å². The van der Waals surface area contributed by atoms with E-state index in [4.69, 9.17) is 15.2 Å². The smallest absolute Gasteiger partial charge is 0.246 e. The van der Waals surface area contributed by atoms with E-state index in [0.29, 0.717) is 0 Å². The summed E-state index contributed by atoms with van der Waals surface area (Å²) in [6, 6.07) is 0. The monoisotopic (exact) mass is 173 g/mol. The lowest BCUT2D eigenvalue weighted by Gasteiger charge is -2.24. The summed E-state index contributed by atoms with van der Waals surface area (Å²) in [5.41, 5.74) is 5.06. The predicted molar refractivity (Wildman–Crippen MR) is 43.6 cm³/mol. The zero-order valence-electron chi connectivity index (χ0n) is 7.29. The van der Waals surface area contributed by atoms with E-state index in [0.717, 1.165) is 26.1 Å². The predicted octanol–water partition coefficient (Wildman–Crippen LogP) is 0.0558. The number of rotatable bonds is 3.